The zero-order valence-electron chi connectivity index (χ0n) is 14.0. The van der Waals surface area contributed by atoms with Gasteiger partial charge in [-0.3, -0.25) is 4.79 Å². The van der Waals surface area contributed by atoms with Crippen LogP contribution in [0.1, 0.15) is 18.9 Å². The fraction of sp³-hybridized carbons (Fsp3) is 0.176. The van der Waals surface area contributed by atoms with Crippen LogP contribution in [0, 0.1) is 0 Å². The van der Waals surface area contributed by atoms with E-state index in [1.165, 1.54) is 25.1 Å². The molecule has 2 rings (SSSR count). The van der Waals surface area contributed by atoms with Crippen molar-refractivity contribution in [2.75, 3.05) is 5.32 Å². The standard InChI is InChI=1S/C9H10O2.C8H10AsNO5/c10-9(11)7-6-8-4-2-1-3-5-8;1-5(11)10-8-6(9(13,14)15)3-2-4-7(8)12/h1-5H,6-7H2,(H,10,11);2-4,12H,1H3,(H,10,11)(H2,13,14,15). The first-order valence-corrected chi connectivity index (χ1v) is 10.9. The Kier molecular flexibility index (Phi) is 8.12. The number of hydrogen-bond donors (Lipinski definition) is 5. The van der Waals surface area contributed by atoms with Crippen molar-refractivity contribution >= 4 is 36.1 Å². The Labute approximate surface area is 153 Å². The van der Waals surface area contributed by atoms with E-state index < -0.39 is 26.0 Å². The maximum Gasteiger partial charge on any atom is 0.303 e. The molecule has 0 aliphatic rings. The van der Waals surface area contributed by atoms with Crippen molar-refractivity contribution in [3.05, 3.63) is 54.1 Å². The van der Waals surface area contributed by atoms with Crippen LogP contribution in [-0.2, 0) is 19.7 Å². The van der Waals surface area contributed by atoms with Crippen molar-refractivity contribution in [2.45, 2.75) is 19.8 Å². The maximum absolute atomic E-state index is 11.1. The Balaban J connectivity index is 0.000000273. The summed E-state index contributed by atoms with van der Waals surface area (Å²) >= 11 is -5.14. The normalized spacial score (nSPS) is 10.4. The van der Waals surface area contributed by atoms with Crippen LogP contribution in [0.25, 0.3) is 0 Å². The zero-order valence-corrected chi connectivity index (χ0v) is 15.9. The van der Waals surface area contributed by atoms with Crippen LogP contribution in [0.5, 0.6) is 5.75 Å². The number of nitrogens with one attached hydrogen (secondary N) is 1. The predicted molar refractivity (Wildman–Crippen MR) is 95.3 cm³/mol. The molecule has 1 amide bonds. The molecule has 0 atom stereocenters. The summed E-state index contributed by atoms with van der Waals surface area (Å²) in [5.41, 5.74) is 0.854. The van der Waals surface area contributed by atoms with Crippen molar-refractivity contribution < 1.29 is 31.7 Å². The number of aromatic hydroxyl groups is 1. The molecule has 0 bridgehead atoms. The fourth-order valence-corrected chi connectivity index (χ4v) is 3.53. The molecule has 140 valence electrons. The maximum atomic E-state index is 11.1. The molecule has 2 aromatic rings. The summed E-state index contributed by atoms with van der Waals surface area (Å²) in [7, 11) is 0. The second-order valence-electron chi connectivity index (χ2n) is 5.28. The number of aliphatic carboxylic acids is 1. The minimum Gasteiger partial charge on any atom is -0.481 e. The Morgan fingerprint density at radius 3 is 2.15 bits per heavy atom. The van der Waals surface area contributed by atoms with E-state index in [4.69, 9.17) is 13.3 Å². The van der Waals surface area contributed by atoms with Crippen LogP contribution >= 0.6 is 0 Å². The first-order valence-electron chi connectivity index (χ1n) is 7.52. The van der Waals surface area contributed by atoms with E-state index >= 15 is 0 Å². The summed E-state index contributed by atoms with van der Waals surface area (Å²) in [6.45, 7) is 1.18. The van der Waals surface area contributed by atoms with Gasteiger partial charge in [0.2, 0.25) is 0 Å². The number of amides is 1. The van der Waals surface area contributed by atoms with Gasteiger partial charge in [-0.1, -0.05) is 30.3 Å². The third-order valence-electron chi connectivity index (χ3n) is 3.11. The average Bonchev–Trinajstić information content (AvgIpc) is 2.55. The minimum absolute atomic E-state index is 0.212. The first-order chi connectivity index (χ1) is 12.1. The van der Waals surface area contributed by atoms with Crippen molar-refractivity contribution in [1.29, 1.82) is 0 Å². The Morgan fingerprint density at radius 1 is 1.04 bits per heavy atom. The predicted octanol–water partition coefficient (Wildman–Crippen LogP) is 0.615. The molecule has 0 fully saturated rings. The molecule has 0 saturated heterocycles. The van der Waals surface area contributed by atoms with E-state index in [1.54, 1.807) is 0 Å². The molecule has 0 aromatic heterocycles. The number of rotatable bonds is 5. The number of carboxylic acids is 1. The molecule has 0 unspecified atom stereocenters. The molecule has 0 aliphatic heterocycles. The van der Waals surface area contributed by atoms with Gasteiger partial charge in [0, 0.05) is 6.42 Å². The monoisotopic (exact) mass is 425 g/mol. The summed E-state index contributed by atoms with van der Waals surface area (Å²) < 4.78 is 28.8. The molecule has 0 saturated carbocycles. The van der Waals surface area contributed by atoms with Crippen LogP contribution in [0.4, 0.5) is 5.69 Å². The van der Waals surface area contributed by atoms with Crippen LogP contribution in [0.15, 0.2) is 48.5 Å². The average molecular weight is 425 g/mol. The van der Waals surface area contributed by atoms with Crippen molar-refractivity contribution in [1.82, 2.24) is 0 Å². The van der Waals surface area contributed by atoms with Crippen LogP contribution in [0.2, 0.25) is 0 Å². The molecular weight excluding hydrogens is 405 g/mol. The van der Waals surface area contributed by atoms with Gasteiger partial charge in [0.1, 0.15) is 0 Å². The molecule has 8 nitrogen and oxygen atoms in total. The number of hydrogen-bond acceptors (Lipinski definition) is 4. The van der Waals surface area contributed by atoms with Crippen molar-refractivity contribution in [3.8, 4) is 5.75 Å². The van der Waals surface area contributed by atoms with Gasteiger partial charge < -0.3 is 5.11 Å². The largest absolute Gasteiger partial charge is 0.481 e. The van der Waals surface area contributed by atoms with Gasteiger partial charge >= 0.3 is 94.1 Å². The minimum atomic E-state index is -5.14. The number of phenolic OH excluding ortho intramolecular Hbond substituents is 1. The molecule has 2 aromatic carbocycles. The Morgan fingerprint density at radius 2 is 1.65 bits per heavy atom. The zero-order chi connectivity index (χ0) is 19.7. The summed E-state index contributed by atoms with van der Waals surface area (Å²) in [6.07, 6.45) is 0.834. The van der Waals surface area contributed by atoms with Crippen molar-refractivity contribution in [3.63, 3.8) is 0 Å². The van der Waals surface area contributed by atoms with Gasteiger partial charge in [0.25, 0.3) is 0 Å². The van der Waals surface area contributed by atoms with Crippen molar-refractivity contribution in [2.24, 2.45) is 0 Å². The molecule has 26 heavy (non-hydrogen) atoms. The number of aryl methyl sites for hydroxylation is 1. The Bertz CT molecular complexity index is 802. The van der Waals surface area contributed by atoms with E-state index in [2.05, 4.69) is 5.32 Å². The number of phenols is 1. The number of carbonyl (C=O) groups excluding carboxylic acids is 1. The number of carbonyl (C=O) groups is 2. The van der Waals surface area contributed by atoms with Crippen LogP contribution in [-0.4, -0.2) is 44.5 Å². The smallest absolute Gasteiger partial charge is 0.303 e. The topological polar surface area (TPSA) is 144 Å². The summed E-state index contributed by atoms with van der Waals surface area (Å²) in [5.74, 6) is -1.62. The second kappa shape index (κ2) is 9.82. The van der Waals surface area contributed by atoms with Crippen LogP contribution < -0.4 is 9.67 Å². The summed E-state index contributed by atoms with van der Waals surface area (Å²) in [6, 6.07) is 13.3. The van der Waals surface area contributed by atoms with E-state index in [9.17, 15) is 18.4 Å². The van der Waals surface area contributed by atoms with Gasteiger partial charge in [-0.2, -0.15) is 0 Å². The first kappa shape index (κ1) is 21.5. The number of benzene rings is 2. The van der Waals surface area contributed by atoms with Gasteiger partial charge in [-0.05, 0) is 12.0 Å². The SMILES string of the molecule is CC(=O)Nc1c(O)cccc1[As](=O)(O)O.O=C(O)CCc1ccccc1. The molecule has 0 aliphatic carbocycles. The molecule has 5 N–H and O–H groups in total. The van der Waals surface area contributed by atoms with Crippen LogP contribution in [0.3, 0.4) is 0 Å². The number of para-hydroxylation sites is 1. The molecular formula is C17H20AsNO7. The quantitative estimate of drug-likeness (QED) is 0.349. The molecule has 0 spiro atoms. The molecule has 9 heteroatoms. The van der Waals surface area contributed by atoms with Gasteiger partial charge in [0.05, 0.1) is 0 Å². The third-order valence-corrected chi connectivity index (χ3v) is 5.20. The van der Waals surface area contributed by atoms with E-state index in [-0.39, 0.29) is 22.2 Å². The third kappa shape index (κ3) is 7.56. The van der Waals surface area contributed by atoms with E-state index in [0.717, 1.165) is 5.56 Å². The van der Waals surface area contributed by atoms with E-state index in [0.29, 0.717) is 6.42 Å². The summed E-state index contributed by atoms with van der Waals surface area (Å²) in [4.78, 5) is 20.9. The second-order valence-corrected chi connectivity index (χ2v) is 8.57. The number of carboxylic acid groups (broad SMARTS) is 1. The van der Waals surface area contributed by atoms with E-state index in [1.807, 2.05) is 30.3 Å². The Hall–Kier alpha value is -2.54. The van der Waals surface area contributed by atoms with Gasteiger partial charge in [-0.25, -0.2) is 0 Å². The summed E-state index contributed by atoms with van der Waals surface area (Å²) in [5, 5.41) is 19.9. The van der Waals surface area contributed by atoms with Gasteiger partial charge in [-0.15, -0.1) is 0 Å². The fourth-order valence-electron chi connectivity index (χ4n) is 1.97. The molecule has 0 radical (unpaired) electrons. The molecule has 0 heterocycles. The number of anilines is 1. The van der Waals surface area contributed by atoms with Gasteiger partial charge in [0.15, 0.2) is 0 Å².